The quantitative estimate of drug-likeness (QED) is 0.697. The molecule has 0 unspecified atom stereocenters. The van der Waals surface area contributed by atoms with E-state index >= 15 is 0 Å². The third kappa shape index (κ3) is 1.05. The molecular weight excluding hydrogens is 142 g/mol. The van der Waals surface area contributed by atoms with Crippen molar-refractivity contribution in [2.24, 2.45) is 0 Å². The predicted octanol–water partition coefficient (Wildman–Crippen LogP) is 1.35. The van der Waals surface area contributed by atoms with E-state index in [0.717, 1.165) is 17.0 Å². The van der Waals surface area contributed by atoms with Crippen LogP contribution in [0.2, 0.25) is 0 Å². The number of aryl methyl sites for hydroxylation is 1. The van der Waals surface area contributed by atoms with Gasteiger partial charge >= 0.3 is 0 Å². The third-order valence-corrected chi connectivity index (χ3v) is 2.14. The standard InChI is InChI=1S/C8H11NO2/c1-5-7(4-10)8(9-11-5)6-2-3-6/h6,10H,2-4H2,1H3. The van der Waals surface area contributed by atoms with E-state index in [4.69, 9.17) is 9.63 Å². The van der Waals surface area contributed by atoms with Crippen molar-refractivity contribution in [2.75, 3.05) is 0 Å². The van der Waals surface area contributed by atoms with Crippen molar-refractivity contribution in [1.29, 1.82) is 0 Å². The van der Waals surface area contributed by atoms with E-state index in [-0.39, 0.29) is 6.61 Å². The summed E-state index contributed by atoms with van der Waals surface area (Å²) in [5.41, 5.74) is 1.87. The Hall–Kier alpha value is -0.830. The summed E-state index contributed by atoms with van der Waals surface area (Å²) in [5, 5.41) is 12.9. The lowest BCUT2D eigenvalue weighted by Gasteiger charge is -1.93. The lowest BCUT2D eigenvalue weighted by molar-refractivity contribution is 0.277. The van der Waals surface area contributed by atoms with Gasteiger partial charge in [-0.15, -0.1) is 0 Å². The zero-order valence-electron chi connectivity index (χ0n) is 6.50. The van der Waals surface area contributed by atoms with E-state index in [2.05, 4.69) is 5.16 Å². The molecule has 1 aromatic rings. The van der Waals surface area contributed by atoms with Gasteiger partial charge < -0.3 is 9.63 Å². The summed E-state index contributed by atoms with van der Waals surface area (Å²) in [6.07, 6.45) is 2.39. The number of hydrogen-bond donors (Lipinski definition) is 1. The Bertz CT molecular complexity index is 263. The number of aliphatic hydroxyl groups excluding tert-OH is 1. The molecule has 0 atom stereocenters. The second-order valence-electron chi connectivity index (χ2n) is 3.03. The first-order valence-electron chi connectivity index (χ1n) is 3.89. The number of nitrogens with zero attached hydrogens (tertiary/aromatic N) is 1. The van der Waals surface area contributed by atoms with Crippen molar-refractivity contribution in [1.82, 2.24) is 5.16 Å². The molecule has 3 heteroatoms. The van der Waals surface area contributed by atoms with Crippen LogP contribution in [0.5, 0.6) is 0 Å². The van der Waals surface area contributed by atoms with Gasteiger partial charge in [0.1, 0.15) is 5.76 Å². The lowest BCUT2D eigenvalue weighted by Crippen LogP contribution is -1.89. The van der Waals surface area contributed by atoms with Gasteiger partial charge in [0.25, 0.3) is 0 Å². The van der Waals surface area contributed by atoms with Crippen molar-refractivity contribution in [3.8, 4) is 0 Å². The number of rotatable bonds is 2. The molecule has 0 amide bonds. The molecular formula is C8H11NO2. The van der Waals surface area contributed by atoms with Crippen LogP contribution >= 0.6 is 0 Å². The van der Waals surface area contributed by atoms with Crippen LogP contribution in [0, 0.1) is 6.92 Å². The molecule has 1 fully saturated rings. The van der Waals surface area contributed by atoms with Gasteiger partial charge in [-0.3, -0.25) is 0 Å². The van der Waals surface area contributed by atoms with Crippen molar-refractivity contribution in [3.05, 3.63) is 17.0 Å². The third-order valence-electron chi connectivity index (χ3n) is 2.14. The normalized spacial score (nSPS) is 17.3. The molecule has 0 bridgehead atoms. The topological polar surface area (TPSA) is 46.3 Å². The minimum atomic E-state index is 0.0567. The molecule has 2 rings (SSSR count). The van der Waals surface area contributed by atoms with Crippen molar-refractivity contribution in [2.45, 2.75) is 32.3 Å². The fourth-order valence-electron chi connectivity index (χ4n) is 1.28. The maximum Gasteiger partial charge on any atom is 0.139 e. The van der Waals surface area contributed by atoms with Gasteiger partial charge in [-0.25, -0.2) is 0 Å². The Morgan fingerprint density at radius 3 is 2.91 bits per heavy atom. The van der Waals surface area contributed by atoms with Crippen LogP contribution in [0.25, 0.3) is 0 Å². The zero-order chi connectivity index (χ0) is 7.84. The van der Waals surface area contributed by atoms with Gasteiger partial charge in [-0.1, -0.05) is 5.16 Å². The number of aliphatic hydroxyl groups is 1. The zero-order valence-corrected chi connectivity index (χ0v) is 6.50. The van der Waals surface area contributed by atoms with Gasteiger partial charge in [0.05, 0.1) is 12.3 Å². The highest BCUT2D eigenvalue weighted by atomic mass is 16.5. The summed E-state index contributed by atoms with van der Waals surface area (Å²) in [6, 6.07) is 0. The van der Waals surface area contributed by atoms with Gasteiger partial charge in [0, 0.05) is 11.5 Å². The van der Waals surface area contributed by atoms with Crippen LogP contribution in [0.3, 0.4) is 0 Å². The van der Waals surface area contributed by atoms with Crippen LogP contribution in [-0.2, 0) is 6.61 Å². The van der Waals surface area contributed by atoms with E-state index in [0.29, 0.717) is 5.92 Å². The minimum absolute atomic E-state index is 0.0567. The van der Waals surface area contributed by atoms with E-state index in [9.17, 15) is 0 Å². The minimum Gasteiger partial charge on any atom is -0.391 e. The molecule has 0 aliphatic heterocycles. The summed E-state index contributed by atoms with van der Waals surface area (Å²) in [6.45, 7) is 1.89. The summed E-state index contributed by atoms with van der Waals surface area (Å²) in [5.74, 6) is 1.32. The first-order valence-corrected chi connectivity index (χ1v) is 3.89. The maximum absolute atomic E-state index is 8.96. The Morgan fingerprint density at radius 2 is 2.36 bits per heavy atom. The second-order valence-corrected chi connectivity index (χ2v) is 3.03. The number of hydrogen-bond acceptors (Lipinski definition) is 3. The highest BCUT2D eigenvalue weighted by molar-refractivity contribution is 5.27. The summed E-state index contributed by atoms with van der Waals surface area (Å²) < 4.78 is 4.98. The summed E-state index contributed by atoms with van der Waals surface area (Å²) >= 11 is 0. The first kappa shape index (κ1) is 6.85. The molecule has 1 aliphatic carbocycles. The van der Waals surface area contributed by atoms with Gasteiger partial charge in [0.15, 0.2) is 0 Å². The molecule has 3 nitrogen and oxygen atoms in total. The first-order chi connectivity index (χ1) is 5.33. The van der Waals surface area contributed by atoms with Gasteiger partial charge in [-0.05, 0) is 19.8 Å². The Labute approximate surface area is 65.0 Å². The molecule has 60 valence electrons. The Balaban J connectivity index is 2.36. The van der Waals surface area contributed by atoms with Crippen molar-refractivity contribution >= 4 is 0 Å². The smallest absolute Gasteiger partial charge is 0.139 e. The molecule has 1 saturated carbocycles. The lowest BCUT2D eigenvalue weighted by atomic mass is 10.1. The molecule has 1 aromatic heterocycles. The van der Waals surface area contributed by atoms with Crippen LogP contribution < -0.4 is 0 Å². The fraction of sp³-hybridized carbons (Fsp3) is 0.625. The molecule has 1 heterocycles. The van der Waals surface area contributed by atoms with Crippen molar-refractivity contribution < 1.29 is 9.63 Å². The van der Waals surface area contributed by atoms with E-state index in [1.165, 1.54) is 12.8 Å². The van der Waals surface area contributed by atoms with Crippen molar-refractivity contribution in [3.63, 3.8) is 0 Å². The van der Waals surface area contributed by atoms with Crippen LogP contribution in [0.15, 0.2) is 4.52 Å². The molecule has 1 N–H and O–H groups in total. The predicted molar refractivity (Wildman–Crippen MR) is 39.1 cm³/mol. The summed E-state index contributed by atoms with van der Waals surface area (Å²) in [7, 11) is 0. The monoisotopic (exact) mass is 153 g/mol. The molecule has 0 saturated heterocycles. The van der Waals surface area contributed by atoms with Crippen LogP contribution in [0.4, 0.5) is 0 Å². The number of aromatic nitrogens is 1. The van der Waals surface area contributed by atoms with Crippen LogP contribution in [-0.4, -0.2) is 10.3 Å². The second kappa shape index (κ2) is 2.34. The fourth-order valence-corrected chi connectivity index (χ4v) is 1.28. The SMILES string of the molecule is Cc1onc(C2CC2)c1CO. The largest absolute Gasteiger partial charge is 0.391 e. The highest BCUT2D eigenvalue weighted by Gasteiger charge is 2.30. The molecule has 1 aliphatic rings. The molecule has 0 radical (unpaired) electrons. The van der Waals surface area contributed by atoms with Gasteiger partial charge in [-0.2, -0.15) is 0 Å². The Kier molecular flexibility index (Phi) is 1.46. The summed E-state index contributed by atoms with van der Waals surface area (Å²) in [4.78, 5) is 0. The molecule has 0 aromatic carbocycles. The highest BCUT2D eigenvalue weighted by Crippen LogP contribution is 2.41. The molecule has 0 spiro atoms. The van der Waals surface area contributed by atoms with E-state index in [1.807, 2.05) is 6.92 Å². The molecule has 11 heavy (non-hydrogen) atoms. The van der Waals surface area contributed by atoms with Crippen LogP contribution in [0.1, 0.15) is 35.8 Å². The maximum atomic E-state index is 8.96. The van der Waals surface area contributed by atoms with E-state index < -0.39 is 0 Å². The van der Waals surface area contributed by atoms with E-state index in [1.54, 1.807) is 0 Å². The average molecular weight is 153 g/mol. The average Bonchev–Trinajstić information content (AvgIpc) is 2.76. The Morgan fingerprint density at radius 1 is 1.64 bits per heavy atom. The van der Waals surface area contributed by atoms with Gasteiger partial charge in [0.2, 0.25) is 0 Å².